The van der Waals surface area contributed by atoms with E-state index in [-0.39, 0.29) is 0 Å². The number of aliphatic hydroxyl groups excluding tert-OH is 1. The summed E-state index contributed by atoms with van der Waals surface area (Å²) in [6.45, 7) is 6.24. The van der Waals surface area contributed by atoms with Crippen LogP contribution >= 0.6 is 0 Å². The van der Waals surface area contributed by atoms with Crippen LogP contribution in [0, 0.1) is 11.8 Å². The summed E-state index contributed by atoms with van der Waals surface area (Å²) >= 11 is 0. The van der Waals surface area contributed by atoms with Crippen molar-refractivity contribution in [1.29, 1.82) is 0 Å². The fraction of sp³-hybridized carbons (Fsp3) is 0.778. The van der Waals surface area contributed by atoms with Crippen LogP contribution in [0.4, 0.5) is 0 Å². The van der Waals surface area contributed by atoms with Gasteiger partial charge in [-0.05, 0) is 31.2 Å². The minimum atomic E-state index is 0.314. The molecule has 1 rings (SSSR count). The molecule has 64 valence electrons. The second-order valence-corrected chi connectivity index (χ2v) is 3.16. The topological polar surface area (TPSA) is 32.3 Å². The molecule has 1 saturated heterocycles. The molecule has 0 bridgehead atoms. The average Bonchev–Trinajstić information content (AvgIpc) is 2.06. The van der Waals surface area contributed by atoms with Crippen LogP contribution in [0.15, 0.2) is 12.7 Å². The largest absolute Gasteiger partial charge is 0.396 e. The molecule has 1 fully saturated rings. The predicted molar refractivity (Wildman–Crippen MR) is 46.4 cm³/mol. The molecule has 2 nitrogen and oxygen atoms in total. The maximum atomic E-state index is 8.78. The molecule has 11 heavy (non-hydrogen) atoms. The van der Waals surface area contributed by atoms with Gasteiger partial charge >= 0.3 is 0 Å². The minimum Gasteiger partial charge on any atom is -0.396 e. The van der Waals surface area contributed by atoms with Crippen LogP contribution in [0.1, 0.15) is 12.8 Å². The third-order valence-corrected chi connectivity index (χ3v) is 2.48. The fourth-order valence-corrected chi connectivity index (χ4v) is 1.74. The summed E-state index contributed by atoms with van der Waals surface area (Å²) < 4.78 is 0. The first-order chi connectivity index (χ1) is 5.38. The number of hydrogen-bond donors (Lipinski definition) is 2. The molecule has 2 N–H and O–H groups in total. The van der Waals surface area contributed by atoms with Gasteiger partial charge in [-0.3, -0.25) is 0 Å². The van der Waals surface area contributed by atoms with Gasteiger partial charge in [-0.2, -0.15) is 0 Å². The number of nitrogens with one attached hydrogen (secondary N) is 1. The molecule has 0 aliphatic carbocycles. The Bertz CT molecular complexity index is 123. The minimum absolute atomic E-state index is 0.314. The zero-order valence-corrected chi connectivity index (χ0v) is 6.92. The molecule has 0 aromatic heterocycles. The van der Waals surface area contributed by atoms with E-state index in [9.17, 15) is 0 Å². The Balaban J connectivity index is 2.37. The lowest BCUT2D eigenvalue weighted by Crippen LogP contribution is -2.35. The van der Waals surface area contributed by atoms with Crippen LogP contribution < -0.4 is 5.32 Å². The van der Waals surface area contributed by atoms with Crippen molar-refractivity contribution in [3.05, 3.63) is 12.7 Å². The normalized spacial score (nSPS) is 31.7. The highest BCUT2D eigenvalue weighted by Crippen LogP contribution is 2.22. The molecule has 0 amide bonds. The van der Waals surface area contributed by atoms with Gasteiger partial charge in [-0.15, -0.1) is 6.58 Å². The van der Waals surface area contributed by atoms with Gasteiger partial charge < -0.3 is 10.4 Å². The van der Waals surface area contributed by atoms with Crippen LogP contribution in [0.3, 0.4) is 0 Å². The Morgan fingerprint density at radius 1 is 1.64 bits per heavy atom. The monoisotopic (exact) mass is 155 g/mol. The number of aliphatic hydroxyl groups is 1. The van der Waals surface area contributed by atoms with Crippen molar-refractivity contribution in [2.45, 2.75) is 12.8 Å². The molecule has 0 spiro atoms. The van der Waals surface area contributed by atoms with Gasteiger partial charge in [0.25, 0.3) is 0 Å². The second-order valence-electron chi connectivity index (χ2n) is 3.16. The lowest BCUT2D eigenvalue weighted by Gasteiger charge is -2.29. The molecule has 2 atom stereocenters. The van der Waals surface area contributed by atoms with Gasteiger partial charge in [0.2, 0.25) is 0 Å². The van der Waals surface area contributed by atoms with E-state index in [4.69, 9.17) is 5.11 Å². The highest BCUT2D eigenvalue weighted by atomic mass is 16.3. The second kappa shape index (κ2) is 4.52. The van der Waals surface area contributed by atoms with Gasteiger partial charge in [-0.1, -0.05) is 6.08 Å². The van der Waals surface area contributed by atoms with Crippen molar-refractivity contribution in [3.8, 4) is 0 Å². The standard InChI is InChI=1S/C9H17NO/c1-2-8-7-10-5-3-9(8)4-6-11/h2,8-11H,1,3-7H2. The van der Waals surface area contributed by atoms with E-state index < -0.39 is 0 Å². The summed E-state index contributed by atoms with van der Waals surface area (Å²) in [4.78, 5) is 0. The fourth-order valence-electron chi connectivity index (χ4n) is 1.74. The van der Waals surface area contributed by atoms with Crippen LogP contribution in [0.2, 0.25) is 0 Å². The maximum absolute atomic E-state index is 8.78. The summed E-state index contributed by atoms with van der Waals surface area (Å²) in [6, 6.07) is 0. The van der Waals surface area contributed by atoms with E-state index in [1.165, 1.54) is 6.42 Å². The summed E-state index contributed by atoms with van der Waals surface area (Å²) in [7, 11) is 0. The Hall–Kier alpha value is -0.340. The zero-order valence-electron chi connectivity index (χ0n) is 6.92. The van der Waals surface area contributed by atoms with Gasteiger partial charge in [0.15, 0.2) is 0 Å². The highest BCUT2D eigenvalue weighted by molar-refractivity contribution is 4.89. The molecule has 1 aliphatic rings. The third-order valence-electron chi connectivity index (χ3n) is 2.48. The van der Waals surface area contributed by atoms with Crippen LogP contribution in [-0.4, -0.2) is 24.8 Å². The smallest absolute Gasteiger partial charge is 0.0433 e. The summed E-state index contributed by atoms with van der Waals surface area (Å²) in [6.07, 6.45) is 4.11. The third kappa shape index (κ3) is 2.31. The Morgan fingerprint density at radius 3 is 3.09 bits per heavy atom. The molecule has 0 radical (unpaired) electrons. The SMILES string of the molecule is C=CC1CNCCC1CCO. The van der Waals surface area contributed by atoms with Crippen LogP contribution in [-0.2, 0) is 0 Å². The molecular weight excluding hydrogens is 138 g/mol. The number of rotatable bonds is 3. The van der Waals surface area contributed by atoms with Crippen molar-refractivity contribution >= 4 is 0 Å². The Morgan fingerprint density at radius 2 is 2.45 bits per heavy atom. The van der Waals surface area contributed by atoms with E-state index in [1.807, 2.05) is 6.08 Å². The van der Waals surface area contributed by atoms with Crippen molar-refractivity contribution in [3.63, 3.8) is 0 Å². The zero-order chi connectivity index (χ0) is 8.10. The Kier molecular flexibility index (Phi) is 3.60. The van der Waals surface area contributed by atoms with E-state index in [1.54, 1.807) is 0 Å². The van der Waals surface area contributed by atoms with Crippen molar-refractivity contribution in [2.75, 3.05) is 19.7 Å². The molecular formula is C9H17NO. The van der Waals surface area contributed by atoms with E-state index in [0.29, 0.717) is 18.4 Å². The van der Waals surface area contributed by atoms with Crippen molar-refractivity contribution in [2.24, 2.45) is 11.8 Å². The molecule has 2 unspecified atom stereocenters. The van der Waals surface area contributed by atoms with Crippen LogP contribution in [0.25, 0.3) is 0 Å². The molecule has 2 heteroatoms. The predicted octanol–water partition coefficient (Wildman–Crippen LogP) is 0.780. The first kappa shape index (κ1) is 8.75. The summed E-state index contributed by atoms with van der Waals surface area (Å²) in [5.74, 6) is 1.22. The van der Waals surface area contributed by atoms with Gasteiger partial charge in [0.05, 0.1) is 0 Å². The van der Waals surface area contributed by atoms with Crippen molar-refractivity contribution < 1.29 is 5.11 Å². The molecule has 0 aromatic carbocycles. The molecule has 0 saturated carbocycles. The quantitative estimate of drug-likeness (QED) is 0.590. The summed E-state index contributed by atoms with van der Waals surface area (Å²) in [5, 5.41) is 12.1. The van der Waals surface area contributed by atoms with E-state index in [2.05, 4.69) is 11.9 Å². The molecule has 1 heterocycles. The van der Waals surface area contributed by atoms with Gasteiger partial charge in [-0.25, -0.2) is 0 Å². The van der Waals surface area contributed by atoms with E-state index in [0.717, 1.165) is 19.5 Å². The van der Waals surface area contributed by atoms with Gasteiger partial charge in [0, 0.05) is 13.2 Å². The first-order valence-electron chi connectivity index (χ1n) is 4.32. The van der Waals surface area contributed by atoms with Crippen LogP contribution in [0.5, 0.6) is 0 Å². The number of piperidine rings is 1. The maximum Gasteiger partial charge on any atom is 0.0433 e. The van der Waals surface area contributed by atoms with E-state index >= 15 is 0 Å². The Labute approximate surface area is 68.3 Å². The summed E-state index contributed by atoms with van der Waals surface area (Å²) in [5.41, 5.74) is 0. The average molecular weight is 155 g/mol. The molecule has 0 aromatic rings. The lowest BCUT2D eigenvalue weighted by molar-refractivity contribution is 0.208. The van der Waals surface area contributed by atoms with Gasteiger partial charge in [0.1, 0.15) is 0 Å². The highest BCUT2D eigenvalue weighted by Gasteiger charge is 2.21. The first-order valence-corrected chi connectivity index (χ1v) is 4.32. The number of hydrogen-bond acceptors (Lipinski definition) is 2. The molecule has 1 aliphatic heterocycles. The lowest BCUT2D eigenvalue weighted by atomic mass is 9.84. The van der Waals surface area contributed by atoms with Crippen molar-refractivity contribution in [1.82, 2.24) is 5.32 Å².